The molecule has 0 spiro atoms. The van der Waals surface area contributed by atoms with Gasteiger partial charge < -0.3 is 10.1 Å². The van der Waals surface area contributed by atoms with Crippen molar-refractivity contribution in [3.05, 3.63) is 53.0 Å². The quantitative estimate of drug-likeness (QED) is 0.258. The first-order valence-electron chi connectivity index (χ1n) is 10.2. The normalized spacial score (nSPS) is 12.0. The van der Waals surface area contributed by atoms with Crippen LogP contribution in [0.4, 0.5) is 11.4 Å². The molecule has 11 heteroatoms. The Morgan fingerprint density at radius 2 is 2.03 bits per heavy atom. The van der Waals surface area contributed by atoms with Crippen molar-refractivity contribution >= 4 is 28.2 Å². The van der Waals surface area contributed by atoms with Crippen LogP contribution >= 0.6 is 0 Å². The smallest absolute Gasteiger partial charge is 0.307 e. The molecule has 0 aliphatic carbocycles. The van der Waals surface area contributed by atoms with Gasteiger partial charge in [0.05, 0.1) is 30.2 Å². The third-order valence-corrected chi connectivity index (χ3v) is 5.32. The second-order valence-corrected chi connectivity index (χ2v) is 7.74. The van der Waals surface area contributed by atoms with Gasteiger partial charge in [0.2, 0.25) is 0 Å². The van der Waals surface area contributed by atoms with E-state index < -0.39 is 16.9 Å². The predicted molar refractivity (Wildman–Crippen MR) is 123 cm³/mol. The second-order valence-electron chi connectivity index (χ2n) is 7.74. The number of anilines is 1. The van der Waals surface area contributed by atoms with Crippen molar-refractivity contribution in [3.63, 3.8) is 0 Å². The Morgan fingerprint density at radius 1 is 1.24 bits per heavy atom. The molecule has 0 bridgehead atoms. The molecule has 0 amide bonds. The number of nitrogens with one attached hydrogen (secondary N) is 1. The highest BCUT2D eigenvalue weighted by Gasteiger charge is 2.23. The number of pyridine rings is 1. The van der Waals surface area contributed by atoms with Crippen LogP contribution < -0.4 is 5.32 Å². The largest absolute Gasteiger partial charge is 0.469 e. The maximum absolute atomic E-state index is 11.7. The number of fused-ring (bicyclic) bond motifs is 1. The number of aromatic nitrogens is 5. The van der Waals surface area contributed by atoms with E-state index in [1.807, 2.05) is 38.5 Å². The lowest BCUT2D eigenvalue weighted by Crippen LogP contribution is -2.21. The van der Waals surface area contributed by atoms with Crippen molar-refractivity contribution < 1.29 is 14.5 Å². The third kappa shape index (κ3) is 4.25. The van der Waals surface area contributed by atoms with Gasteiger partial charge in [0.25, 0.3) is 5.69 Å². The first-order chi connectivity index (χ1) is 15.8. The van der Waals surface area contributed by atoms with Crippen LogP contribution in [0.5, 0.6) is 0 Å². The van der Waals surface area contributed by atoms with E-state index >= 15 is 0 Å². The zero-order valence-electron chi connectivity index (χ0n) is 18.6. The summed E-state index contributed by atoms with van der Waals surface area (Å²) in [5.41, 5.74) is 3.71. The highest BCUT2D eigenvalue weighted by Crippen LogP contribution is 2.37. The number of benzene rings is 1. The van der Waals surface area contributed by atoms with Crippen molar-refractivity contribution in [1.29, 1.82) is 0 Å². The van der Waals surface area contributed by atoms with Gasteiger partial charge in [-0.2, -0.15) is 10.2 Å². The lowest BCUT2D eigenvalue weighted by atomic mass is 10.0. The summed E-state index contributed by atoms with van der Waals surface area (Å²) in [7, 11) is 4.99. The molecule has 1 N–H and O–H groups in total. The number of methoxy groups -OCH3 is 1. The molecule has 0 saturated heterocycles. The standard InChI is InChI=1S/C22H23N7O4/c1-13(9-19(30)33-4)25-22-18(29(31)32)7-8-23-21(22)14-5-6-17-16(10-14)20(26-28(17)3)15-11-24-27(2)12-15/h5-8,10-13,25H,9H2,1-4H3/t13-/m1/s1. The number of hydrogen-bond acceptors (Lipinski definition) is 8. The minimum atomic E-state index is -0.470. The molecule has 1 aromatic carbocycles. The SMILES string of the molecule is COC(=O)C[C@@H](C)Nc1c([N+](=O)[O-])ccnc1-c1ccc2c(c1)c(-c1cnn(C)c1)nn2C. The van der Waals surface area contributed by atoms with Crippen molar-refractivity contribution in [2.75, 3.05) is 12.4 Å². The molecule has 11 nitrogen and oxygen atoms in total. The maximum atomic E-state index is 11.7. The van der Waals surface area contributed by atoms with E-state index in [4.69, 9.17) is 4.74 Å². The van der Waals surface area contributed by atoms with Crippen molar-refractivity contribution in [3.8, 4) is 22.5 Å². The number of carbonyl (C=O) groups excluding carboxylic acids is 1. The van der Waals surface area contributed by atoms with Crippen LogP contribution in [0.2, 0.25) is 0 Å². The van der Waals surface area contributed by atoms with E-state index in [1.54, 1.807) is 22.5 Å². The summed E-state index contributed by atoms with van der Waals surface area (Å²) in [5.74, 6) is -0.416. The monoisotopic (exact) mass is 449 g/mol. The van der Waals surface area contributed by atoms with Gasteiger partial charge in [-0.05, 0) is 19.1 Å². The lowest BCUT2D eigenvalue weighted by molar-refractivity contribution is -0.384. The van der Waals surface area contributed by atoms with Crippen LogP contribution in [0.15, 0.2) is 42.9 Å². The molecule has 1 atom stereocenters. The number of aryl methyl sites for hydroxylation is 2. The van der Waals surface area contributed by atoms with E-state index in [0.29, 0.717) is 11.3 Å². The van der Waals surface area contributed by atoms with Crippen LogP contribution in [-0.2, 0) is 23.6 Å². The van der Waals surface area contributed by atoms with Gasteiger partial charge in [0.1, 0.15) is 17.1 Å². The predicted octanol–water partition coefficient (Wildman–Crippen LogP) is 3.31. The minimum absolute atomic E-state index is 0.0504. The Morgan fingerprint density at radius 3 is 2.70 bits per heavy atom. The molecule has 170 valence electrons. The maximum Gasteiger partial charge on any atom is 0.307 e. The fourth-order valence-electron chi connectivity index (χ4n) is 3.77. The fraction of sp³-hybridized carbons (Fsp3) is 0.273. The van der Waals surface area contributed by atoms with E-state index in [1.165, 1.54) is 19.4 Å². The van der Waals surface area contributed by atoms with Gasteiger partial charge in [-0.25, -0.2) is 0 Å². The summed E-state index contributed by atoms with van der Waals surface area (Å²) in [4.78, 5) is 27.4. The molecule has 0 saturated carbocycles. The van der Waals surface area contributed by atoms with Crippen LogP contribution in [-0.4, -0.2) is 48.6 Å². The van der Waals surface area contributed by atoms with E-state index in [-0.39, 0.29) is 17.8 Å². The lowest BCUT2D eigenvalue weighted by Gasteiger charge is -2.17. The van der Waals surface area contributed by atoms with Gasteiger partial charge in [-0.15, -0.1) is 0 Å². The minimum Gasteiger partial charge on any atom is -0.469 e. The number of rotatable bonds is 7. The molecule has 0 fully saturated rings. The van der Waals surface area contributed by atoms with Gasteiger partial charge in [-0.3, -0.25) is 29.3 Å². The highest BCUT2D eigenvalue weighted by molar-refractivity contribution is 5.97. The van der Waals surface area contributed by atoms with E-state index in [2.05, 4.69) is 20.5 Å². The van der Waals surface area contributed by atoms with E-state index in [0.717, 1.165) is 22.2 Å². The topological polar surface area (TPSA) is 130 Å². The molecule has 3 heterocycles. The Balaban J connectivity index is 1.84. The molecule has 0 aliphatic heterocycles. The summed E-state index contributed by atoms with van der Waals surface area (Å²) >= 11 is 0. The van der Waals surface area contributed by atoms with Gasteiger partial charge >= 0.3 is 5.97 Å². The van der Waals surface area contributed by atoms with Crippen LogP contribution in [0.1, 0.15) is 13.3 Å². The van der Waals surface area contributed by atoms with Crippen LogP contribution in [0.25, 0.3) is 33.4 Å². The zero-order valence-corrected chi connectivity index (χ0v) is 18.6. The molecule has 0 unspecified atom stereocenters. The highest BCUT2D eigenvalue weighted by atomic mass is 16.6. The summed E-state index contributed by atoms with van der Waals surface area (Å²) < 4.78 is 8.19. The van der Waals surface area contributed by atoms with Crippen molar-refractivity contribution in [1.82, 2.24) is 24.5 Å². The summed E-state index contributed by atoms with van der Waals surface area (Å²) in [6.45, 7) is 1.75. The Labute approximate surface area is 189 Å². The number of nitrogens with zero attached hydrogens (tertiary/aromatic N) is 6. The summed E-state index contributed by atoms with van der Waals surface area (Å²) in [6.07, 6.45) is 5.07. The van der Waals surface area contributed by atoms with Crippen molar-refractivity contribution in [2.24, 2.45) is 14.1 Å². The molecule has 33 heavy (non-hydrogen) atoms. The molecule has 0 radical (unpaired) electrons. The molecule has 3 aromatic heterocycles. The Kier molecular flexibility index (Phi) is 5.78. The average molecular weight is 449 g/mol. The summed E-state index contributed by atoms with van der Waals surface area (Å²) in [6, 6.07) is 6.58. The first kappa shape index (κ1) is 21.9. The Hall–Kier alpha value is -4.28. The molecular weight excluding hydrogens is 426 g/mol. The molecule has 0 aliphatic rings. The van der Waals surface area contributed by atoms with E-state index in [9.17, 15) is 14.9 Å². The third-order valence-electron chi connectivity index (χ3n) is 5.32. The van der Waals surface area contributed by atoms with Crippen LogP contribution in [0.3, 0.4) is 0 Å². The average Bonchev–Trinajstić information content (AvgIpc) is 3.36. The second kappa shape index (κ2) is 8.69. The number of nitro groups is 1. The fourth-order valence-corrected chi connectivity index (χ4v) is 3.77. The molecular formula is C22H23N7O4. The molecule has 4 rings (SSSR count). The Bertz CT molecular complexity index is 1360. The number of carbonyl (C=O) groups is 1. The van der Waals surface area contributed by atoms with Gasteiger partial charge in [-0.1, -0.05) is 6.07 Å². The number of hydrogen-bond donors (Lipinski definition) is 1. The number of ether oxygens (including phenoxy) is 1. The zero-order chi connectivity index (χ0) is 23.7. The first-order valence-corrected chi connectivity index (χ1v) is 10.2. The summed E-state index contributed by atoms with van der Waals surface area (Å²) in [5, 5.41) is 24.6. The van der Waals surface area contributed by atoms with Gasteiger partial charge in [0.15, 0.2) is 0 Å². The van der Waals surface area contributed by atoms with Gasteiger partial charge in [0, 0.05) is 55.1 Å². The van der Waals surface area contributed by atoms with Crippen molar-refractivity contribution in [2.45, 2.75) is 19.4 Å². The number of esters is 1. The van der Waals surface area contributed by atoms with Crippen LogP contribution in [0, 0.1) is 10.1 Å². The molecule has 4 aromatic rings.